The van der Waals surface area contributed by atoms with Crippen LogP contribution in [0.2, 0.25) is 0 Å². The zero-order chi connectivity index (χ0) is 10.7. The molecule has 80 valence electrons. The molecule has 5 nitrogen and oxygen atoms in total. The Kier molecular flexibility index (Phi) is 2.82. The van der Waals surface area contributed by atoms with Gasteiger partial charge in [0, 0.05) is 32.2 Å². The van der Waals surface area contributed by atoms with E-state index in [1.807, 2.05) is 30.2 Å². The Hall–Kier alpha value is -1.62. The van der Waals surface area contributed by atoms with Crippen LogP contribution in [0.4, 0.5) is 0 Å². The van der Waals surface area contributed by atoms with Gasteiger partial charge in [-0.15, -0.1) is 0 Å². The molecule has 2 aromatic rings. The van der Waals surface area contributed by atoms with Gasteiger partial charge in [0.2, 0.25) is 0 Å². The average Bonchev–Trinajstić information content (AvgIpc) is 2.83. The second-order valence-corrected chi connectivity index (χ2v) is 3.47. The summed E-state index contributed by atoms with van der Waals surface area (Å²) >= 11 is 0. The number of hydrogen-bond acceptors (Lipinski definition) is 3. The lowest BCUT2D eigenvalue weighted by atomic mass is 10.2. The monoisotopic (exact) mass is 206 g/mol. The Morgan fingerprint density at radius 1 is 1.47 bits per heavy atom. The maximum absolute atomic E-state index is 9.01. The molecular formula is C10H14N4O. The molecule has 0 bridgehead atoms. The highest BCUT2D eigenvalue weighted by molar-refractivity contribution is 5.04. The number of imidazole rings is 1. The molecule has 0 aliphatic rings. The van der Waals surface area contributed by atoms with E-state index in [9.17, 15) is 0 Å². The molecule has 0 saturated carbocycles. The minimum Gasteiger partial charge on any atom is -0.388 e. The zero-order valence-corrected chi connectivity index (χ0v) is 8.67. The van der Waals surface area contributed by atoms with Crippen molar-refractivity contribution in [3.05, 3.63) is 36.2 Å². The molecule has 0 fully saturated rings. The molecular weight excluding hydrogens is 192 g/mol. The third-order valence-electron chi connectivity index (χ3n) is 2.34. The van der Waals surface area contributed by atoms with Crippen molar-refractivity contribution in [2.75, 3.05) is 0 Å². The summed E-state index contributed by atoms with van der Waals surface area (Å²) < 4.78 is 3.74. The maximum atomic E-state index is 9.01. The van der Waals surface area contributed by atoms with Crippen molar-refractivity contribution in [1.82, 2.24) is 19.3 Å². The fourth-order valence-electron chi connectivity index (χ4n) is 1.55. The summed E-state index contributed by atoms with van der Waals surface area (Å²) in [6, 6.07) is 0. The molecule has 2 heterocycles. The van der Waals surface area contributed by atoms with Gasteiger partial charge in [0.25, 0.3) is 0 Å². The standard InChI is InChI=1S/C10H14N4O/c1-13-7-9(6-12-13)2-4-14-5-3-11-10(14)8-15/h3,5-7,15H,2,4,8H2,1H3. The smallest absolute Gasteiger partial charge is 0.134 e. The van der Waals surface area contributed by atoms with Crippen LogP contribution in [0.15, 0.2) is 24.8 Å². The van der Waals surface area contributed by atoms with Gasteiger partial charge in [-0.3, -0.25) is 4.68 Å². The lowest BCUT2D eigenvalue weighted by Gasteiger charge is -2.03. The molecule has 0 spiro atoms. The van der Waals surface area contributed by atoms with Gasteiger partial charge in [-0.05, 0) is 12.0 Å². The topological polar surface area (TPSA) is 55.9 Å². The number of hydrogen-bond donors (Lipinski definition) is 1. The molecule has 0 atom stereocenters. The molecule has 0 saturated heterocycles. The van der Waals surface area contributed by atoms with Crippen molar-refractivity contribution in [2.45, 2.75) is 19.6 Å². The van der Waals surface area contributed by atoms with E-state index >= 15 is 0 Å². The highest BCUT2D eigenvalue weighted by Crippen LogP contribution is 2.03. The largest absolute Gasteiger partial charge is 0.388 e. The Labute approximate surface area is 88.0 Å². The van der Waals surface area contributed by atoms with Crippen LogP contribution in [0.3, 0.4) is 0 Å². The van der Waals surface area contributed by atoms with Crippen molar-refractivity contribution in [1.29, 1.82) is 0 Å². The fraction of sp³-hybridized carbons (Fsp3) is 0.400. The quantitative estimate of drug-likeness (QED) is 0.785. The molecule has 2 aromatic heterocycles. The predicted octanol–water partition coefficient (Wildman–Crippen LogP) is 0.352. The summed E-state index contributed by atoms with van der Waals surface area (Å²) in [4.78, 5) is 4.04. The number of aryl methyl sites for hydroxylation is 3. The van der Waals surface area contributed by atoms with Gasteiger partial charge in [-0.1, -0.05) is 0 Å². The van der Waals surface area contributed by atoms with Crippen molar-refractivity contribution >= 4 is 0 Å². The van der Waals surface area contributed by atoms with Gasteiger partial charge in [0.15, 0.2) is 0 Å². The summed E-state index contributed by atoms with van der Waals surface area (Å²) in [5.74, 6) is 0.707. The van der Waals surface area contributed by atoms with Crippen LogP contribution in [0.1, 0.15) is 11.4 Å². The van der Waals surface area contributed by atoms with E-state index in [0.29, 0.717) is 5.82 Å². The summed E-state index contributed by atoms with van der Waals surface area (Å²) in [6.45, 7) is 0.807. The number of aromatic nitrogens is 4. The Balaban J connectivity index is 1.98. The number of rotatable bonds is 4. The average molecular weight is 206 g/mol. The van der Waals surface area contributed by atoms with Crippen LogP contribution >= 0.6 is 0 Å². The van der Waals surface area contributed by atoms with Gasteiger partial charge in [-0.2, -0.15) is 5.10 Å². The molecule has 1 N–H and O–H groups in total. The SMILES string of the molecule is Cn1cc(CCn2ccnc2CO)cn1. The molecule has 0 radical (unpaired) electrons. The van der Waals surface area contributed by atoms with Crippen molar-refractivity contribution in [3.8, 4) is 0 Å². The van der Waals surface area contributed by atoms with E-state index in [0.717, 1.165) is 13.0 Å². The number of aliphatic hydroxyl groups excluding tert-OH is 1. The van der Waals surface area contributed by atoms with Gasteiger partial charge in [-0.25, -0.2) is 4.98 Å². The molecule has 0 unspecified atom stereocenters. The minimum atomic E-state index is -0.0138. The van der Waals surface area contributed by atoms with Crippen LogP contribution in [-0.2, 0) is 26.6 Å². The number of nitrogens with zero attached hydrogens (tertiary/aromatic N) is 4. The second-order valence-electron chi connectivity index (χ2n) is 3.47. The van der Waals surface area contributed by atoms with Crippen LogP contribution in [0.5, 0.6) is 0 Å². The molecule has 0 aliphatic carbocycles. The van der Waals surface area contributed by atoms with Crippen molar-refractivity contribution in [2.24, 2.45) is 7.05 Å². The van der Waals surface area contributed by atoms with Gasteiger partial charge < -0.3 is 9.67 Å². The maximum Gasteiger partial charge on any atom is 0.134 e. The summed E-state index contributed by atoms with van der Waals surface area (Å²) in [7, 11) is 1.90. The molecule has 0 amide bonds. The second kappa shape index (κ2) is 4.27. The highest BCUT2D eigenvalue weighted by atomic mass is 16.3. The fourth-order valence-corrected chi connectivity index (χ4v) is 1.55. The third-order valence-corrected chi connectivity index (χ3v) is 2.34. The molecule has 15 heavy (non-hydrogen) atoms. The van der Waals surface area contributed by atoms with Gasteiger partial charge >= 0.3 is 0 Å². The van der Waals surface area contributed by atoms with Crippen molar-refractivity contribution in [3.63, 3.8) is 0 Å². The lowest BCUT2D eigenvalue weighted by molar-refractivity contribution is 0.265. The molecule has 5 heteroatoms. The third kappa shape index (κ3) is 2.24. The first kappa shape index (κ1) is 9.92. The normalized spacial score (nSPS) is 10.8. The zero-order valence-electron chi connectivity index (χ0n) is 8.67. The van der Waals surface area contributed by atoms with E-state index in [-0.39, 0.29) is 6.61 Å². The molecule has 2 rings (SSSR count). The van der Waals surface area contributed by atoms with Gasteiger partial charge in [0.1, 0.15) is 12.4 Å². The van der Waals surface area contributed by atoms with Crippen molar-refractivity contribution < 1.29 is 5.11 Å². The minimum absolute atomic E-state index is 0.0138. The van der Waals surface area contributed by atoms with Crippen LogP contribution in [0.25, 0.3) is 0 Å². The first-order valence-corrected chi connectivity index (χ1v) is 4.88. The van der Waals surface area contributed by atoms with Gasteiger partial charge in [0.05, 0.1) is 6.20 Å². The lowest BCUT2D eigenvalue weighted by Crippen LogP contribution is -2.05. The van der Waals surface area contributed by atoms with E-state index in [1.54, 1.807) is 10.9 Å². The number of aliphatic hydroxyl groups is 1. The predicted molar refractivity (Wildman–Crippen MR) is 55.1 cm³/mol. The summed E-state index contributed by atoms with van der Waals surface area (Å²) in [6.07, 6.45) is 8.33. The van der Waals surface area contributed by atoms with Crippen LogP contribution in [-0.4, -0.2) is 24.4 Å². The van der Waals surface area contributed by atoms with E-state index in [2.05, 4.69) is 10.1 Å². The van der Waals surface area contributed by atoms with Crippen LogP contribution in [0, 0.1) is 0 Å². The van der Waals surface area contributed by atoms with E-state index in [4.69, 9.17) is 5.11 Å². The Bertz CT molecular complexity index is 432. The molecule has 0 aromatic carbocycles. The summed E-state index contributed by atoms with van der Waals surface area (Å²) in [5, 5.41) is 13.1. The van der Waals surface area contributed by atoms with E-state index in [1.165, 1.54) is 5.56 Å². The first-order valence-electron chi connectivity index (χ1n) is 4.88. The highest BCUT2D eigenvalue weighted by Gasteiger charge is 2.02. The van der Waals surface area contributed by atoms with E-state index < -0.39 is 0 Å². The first-order chi connectivity index (χ1) is 7.29. The molecule has 0 aliphatic heterocycles. The van der Waals surface area contributed by atoms with Crippen LogP contribution < -0.4 is 0 Å². The Morgan fingerprint density at radius 2 is 2.33 bits per heavy atom. The summed E-state index contributed by atoms with van der Waals surface area (Å²) in [5.41, 5.74) is 1.19. The Morgan fingerprint density at radius 3 is 3.00 bits per heavy atom.